The van der Waals surface area contributed by atoms with Gasteiger partial charge in [0.25, 0.3) is 0 Å². The number of aliphatic carboxylic acids is 1. The van der Waals surface area contributed by atoms with Crippen molar-refractivity contribution in [1.29, 1.82) is 0 Å². The maximum Gasteiger partial charge on any atom is 0.304 e. The average molecular weight is 267 g/mol. The van der Waals surface area contributed by atoms with E-state index in [0.29, 0.717) is 6.42 Å². The van der Waals surface area contributed by atoms with E-state index in [1.165, 1.54) is 0 Å². The molecule has 0 aromatic rings. The maximum atomic E-state index is 11.6. The number of rotatable bonds is 7. The second-order valence-corrected chi connectivity index (χ2v) is 6.88. The Hall–Kier alpha value is -0.660. The predicted octanol–water partition coefficient (Wildman–Crippen LogP) is 0.178. The highest BCUT2D eigenvalue weighted by Gasteiger charge is 2.28. The third-order valence-corrected chi connectivity index (χ3v) is 3.75. The van der Waals surface area contributed by atoms with Crippen molar-refractivity contribution >= 4 is 16.0 Å². The van der Waals surface area contributed by atoms with Crippen LogP contribution in [0.1, 0.15) is 33.6 Å². The number of aliphatic hydroxyl groups excluding tert-OH is 1. The average Bonchev–Trinajstić information content (AvgIpc) is 2.13. The number of carboxylic acid groups (broad SMARTS) is 1. The molecule has 0 saturated carbocycles. The molecule has 0 radical (unpaired) electrons. The summed E-state index contributed by atoms with van der Waals surface area (Å²) in [5, 5.41) is 17.3. The number of aliphatic hydroxyl groups is 1. The normalized spacial score (nSPS) is 14.6. The first-order chi connectivity index (χ1) is 7.58. The summed E-state index contributed by atoms with van der Waals surface area (Å²) in [6.07, 6.45) is -0.124. The van der Waals surface area contributed by atoms with Gasteiger partial charge in [-0.05, 0) is 11.8 Å². The molecule has 0 aromatic carbocycles. The Balaban J connectivity index is 4.59. The van der Waals surface area contributed by atoms with Gasteiger partial charge in [-0.1, -0.05) is 20.8 Å². The van der Waals surface area contributed by atoms with Crippen LogP contribution in [-0.2, 0) is 14.8 Å². The van der Waals surface area contributed by atoms with E-state index in [1.807, 2.05) is 20.8 Å². The predicted molar refractivity (Wildman–Crippen MR) is 64.1 cm³/mol. The minimum Gasteiger partial charge on any atom is -0.481 e. The van der Waals surface area contributed by atoms with Gasteiger partial charge in [-0.2, -0.15) is 0 Å². The van der Waals surface area contributed by atoms with Gasteiger partial charge in [-0.15, -0.1) is 0 Å². The van der Waals surface area contributed by atoms with E-state index in [2.05, 4.69) is 4.72 Å². The Morgan fingerprint density at radius 1 is 1.35 bits per heavy atom. The molecule has 0 aliphatic rings. The number of nitrogens with one attached hydrogen (secondary N) is 1. The van der Waals surface area contributed by atoms with Crippen molar-refractivity contribution in [2.45, 2.75) is 39.7 Å². The molecule has 17 heavy (non-hydrogen) atoms. The molecule has 7 heteroatoms. The van der Waals surface area contributed by atoms with Gasteiger partial charge in [0.1, 0.15) is 0 Å². The van der Waals surface area contributed by atoms with Crippen LogP contribution in [0, 0.1) is 5.41 Å². The molecule has 0 aromatic heterocycles. The van der Waals surface area contributed by atoms with E-state index in [9.17, 15) is 13.2 Å². The highest BCUT2D eigenvalue weighted by molar-refractivity contribution is 7.89. The monoisotopic (exact) mass is 267 g/mol. The second-order valence-electron chi connectivity index (χ2n) is 5.01. The molecule has 0 fully saturated rings. The zero-order chi connectivity index (χ0) is 13.7. The molecular weight excluding hydrogens is 246 g/mol. The van der Waals surface area contributed by atoms with Crippen LogP contribution in [0.4, 0.5) is 0 Å². The number of carbonyl (C=O) groups is 1. The summed E-state index contributed by atoms with van der Waals surface area (Å²) in [5.74, 6) is -1.59. The first-order valence-corrected chi connectivity index (χ1v) is 7.06. The van der Waals surface area contributed by atoms with Gasteiger partial charge in [-0.3, -0.25) is 4.79 Å². The highest BCUT2D eigenvalue weighted by atomic mass is 32.2. The number of hydrogen-bond donors (Lipinski definition) is 3. The van der Waals surface area contributed by atoms with Gasteiger partial charge in [0, 0.05) is 12.6 Å². The first-order valence-electron chi connectivity index (χ1n) is 5.41. The fourth-order valence-corrected chi connectivity index (χ4v) is 2.76. The molecule has 0 saturated heterocycles. The van der Waals surface area contributed by atoms with Gasteiger partial charge in [0.15, 0.2) is 0 Å². The molecule has 0 spiro atoms. The number of hydrogen-bond acceptors (Lipinski definition) is 4. The molecule has 0 rings (SSSR count). The number of sulfonamides is 1. The Kier molecular flexibility index (Phi) is 6.08. The third-order valence-electron chi connectivity index (χ3n) is 2.37. The molecule has 0 bridgehead atoms. The quantitative estimate of drug-likeness (QED) is 0.610. The summed E-state index contributed by atoms with van der Waals surface area (Å²) in [6, 6.07) is -0.411. The van der Waals surface area contributed by atoms with Gasteiger partial charge < -0.3 is 10.2 Å². The van der Waals surface area contributed by atoms with E-state index in [0.717, 1.165) is 0 Å². The van der Waals surface area contributed by atoms with E-state index in [4.69, 9.17) is 10.2 Å². The molecule has 0 aliphatic heterocycles. The topological polar surface area (TPSA) is 104 Å². The zero-order valence-corrected chi connectivity index (χ0v) is 11.2. The van der Waals surface area contributed by atoms with Crippen LogP contribution in [0.3, 0.4) is 0 Å². The van der Waals surface area contributed by atoms with Crippen LogP contribution < -0.4 is 4.72 Å². The first kappa shape index (κ1) is 16.3. The van der Waals surface area contributed by atoms with Crippen LogP contribution in [0.2, 0.25) is 0 Å². The second kappa shape index (κ2) is 6.32. The van der Waals surface area contributed by atoms with Crippen molar-refractivity contribution in [2.24, 2.45) is 5.41 Å². The van der Waals surface area contributed by atoms with Crippen molar-refractivity contribution in [2.75, 3.05) is 12.4 Å². The molecule has 0 heterocycles. The van der Waals surface area contributed by atoms with Crippen LogP contribution >= 0.6 is 0 Å². The van der Waals surface area contributed by atoms with Gasteiger partial charge in [0.05, 0.1) is 12.2 Å². The lowest BCUT2D eigenvalue weighted by Crippen LogP contribution is -2.45. The molecule has 3 N–H and O–H groups in total. The fourth-order valence-electron chi connectivity index (χ4n) is 1.30. The van der Waals surface area contributed by atoms with E-state index in [-0.39, 0.29) is 12.0 Å². The summed E-state index contributed by atoms with van der Waals surface area (Å²) in [4.78, 5) is 10.3. The Bertz CT molecular complexity index is 344. The highest BCUT2D eigenvalue weighted by Crippen LogP contribution is 2.22. The van der Waals surface area contributed by atoms with Crippen LogP contribution in [0.25, 0.3) is 0 Å². The van der Waals surface area contributed by atoms with Crippen LogP contribution in [-0.4, -0.2) is 43.0 Å². The largest absolute Gasteiger partial charge is 0.481 e. The summed E-state index contributed by atoms with van der Waals surface area (Å²) >= 11 is 0. The Labute approximate surface area is 102 Å². The molecular formula is C10H21NO5S. The molecule has 1 unspecified atom stereocenters. The van der Waals surface area contributed by atoms with Crippen molar-refractivity contribution in [3.63, 3.8) is 0 Å². The molecule has 1 atom stereocenters. The molecule has 0 amide bonds. The molecule has 102 valence electrons. The standard InChI is InChI=1S/C10H21NO5S/c1-10(2,3)8(4-6-12)11-17(15,16)7-5-9(13)14/h8,11-12H,4-7H2,1-3H3,(H,13,14). The lowest BCUT2D eigenvalue weighted by Gasteiger charge is -2.30. The Morgan fingerprint density at radius 3 is 2.24 bits per heavy atom. The van der Waals surface area contributed by atoms with Crippen molar-refractivity contribution < 1.29 is 23.4 Å². The van der Waals surface area contributed by atoms with Crippen molar-refractivity contribution in [3.8, 4) is 0 Å². The Morgan fingerprint density at radius 2 is 1.88 bits per heavy atom. The van der Waals surface area contributed by atoms with Crippen molar-refractivity contribution in [1.82, 2.24) is 4.72 Å². The summed E-state index contributed by atoms with van der Waals surface area (Å²) in [5.41, 5.74) is -0.334. The lowest BCUT2D eigenvalue weighted by molar-refractivity contribution is -0.136. The van der Waals surface area contributed by atoms with E-state index in [1.54, 1.807) is 0 Å². The third kappa shape index (κ3) is 7.30. The van der Waals surface area contributed by atoms with E-state index >= 15 is 0 Å². The fraction of sp³-hybridized carbons (Fsp3) is 0.900. The molecule has 0 aliphatic carbocycles. The minimum atomic E-state index is -3.62. The summed E-state index contributed by atoms with van der Waals surface area (Å²) < 4.78 is 25.7. The van der Waals surface area contributed by atoms with Crippen LogP contribution in [0.15, 0.2) is 0 Å². The summed E-state index contributed by atoms with van der Waals surface area (Å²) in [6.45, 7) is 5.44. The van der Waals surface area contributed by atoms with Gasteiger partial charge >= 0.3 is 5.97 Å². The molecule has 6 nitrogen and oxygen atoms in total. The van der Waals surface area contributed by atoms with Crippen LogP contribution in [0.5, 0.6) is 0 Å². The minimum absolute atomic E-state index is 0.122. The maximum absolute atomic E-state index is 11.6. The summed E-state index contributed by atoms with van der Waals surface area (Å²) in [7, 11) is -3.62. The van der Waals surface area contributed by atoms with Crippen molar-refractivity contribution in [3.05, 3.63) is 0 Å². The van der Waals surface area contributed by atoms with E-state index < -0.39 is 34.2 Å². The smallest absolute Gasteiger partial charge is 0.304 e. The SMILES string of the molecule is CC(C)(C)C(CCO)NS(=O)(=O)CCC(=O)O. The zero-order valence-electron chi connectivity index (χ0n) is 10.4. The number of carboxylic acids is 1. The van der Waals surface area contributed by atoms with Gasteiger partial charge in [-0.25, -0.2) is 13.1 Å². The lowest BCUT2D eigenvalue weighted by atomic mass is 9.86. The van der Waals surface area contributed by atoms with Gasteiger partial charge in [0.2, 0.25) is 10.0 Å².